The quantitative estimate of drug-likeness (QED) is 0.820. The zero-order valence-electron chi connectivity index (χ0n) is 8.38. The van der Waals surface area contributed by atoms with Gasteiger partial charge in [-0.1, -0.05) is 6.07 Å². The zero-order valence-corrected chi connectivity index (χ0v) is 8.38. The van der Waals surface area contributed by atoms with Crippen LogP contribution in [0.4, 0.5) is 5.88 Å². The van der Waals surface area contributed by atoms with Crippen LogP contribution in [0.2, 0.25) is 0 Å². The van der Waals surface area contributed by atoms with Gasteiger partial charge in [-0.2, -0.15) is 0 Å². The van der Waals surface area contributed by atoms with E-state index in [0.717, 1.165) is 5.69 Å². The Morgan fingerprint density at radius 1 is 1.38 bits per heavy atom. The van der Waals surface area contributed by atoms with Crippen molar-refractivity contribution in [3.63, 3.8) is 0 Å². The standard InChI is InChI=1S/C11H10N2O3/c14-11(15)9-4-5-10(16-9)13-7-8-3-1-2-6-12-8/h1-6,13H,7H2,(H,14,15). The molecule has 0 aromatic carbocycles. The van der Waals surface area contributed by atoms with Gasteiger partial charge in [0.05, 0.1) is 12.2 Å². The third-order valence-electron chi connectivity index (χ3n) is 1.99. The van der Waals surface area contributed by atoms with Crippen molar-refractivity contribution in [2.24, 2.45) is 0 Å². The van der Waals surface area contributed by atoms with Crippen LogP contribution in [0.25, 0.3) is 0 Å². The molecular formula is C11H10N2O3. The number of carboxylic acid groups (broad SMARTS) is 1. The maximum atomic E-state index is 10.6. The number of nitrogens with zero attached hydrogens (tertiary/aromatic N) is 1. The van der Waals surface area contributed by atoms with Gasteiger partial charge in [-0.25, -0.2) is 4.79 Å². The van der Waals surface area contributed by atoms with Crippen LogP contribution in [-0.4, -0.2) is 16.1 Å². The lowest BCUT2D eigenvalue weighted by atomic mass is 10.3. The highest BCUT2D eigenvalue weighted by Gasteiger charge is 2.08. The first-order valence-corrected chi connectivity index (χ1v) is 4.72. The van der Waals surface area contributed by atoms with Gasteiger partial charge in [0.15, 0.2) is 5.88 Å². The molecule has 0 saturated carbocycles. The van der Waals surface area contributed by atoms with E-state index in [-0.39, 0.29) is 5.76 Å². The van der Waals surface area contributed by atoms with E-state index >= 15 is 0 Å². The van der Waals surface area contributed by atoms with Crippen LogP contribution in [0.5, 0.6) is 0 Å². The molecule has 0 amide bonds. The number of rotatable bonds is 4. The minimum Gasteiger partial charge on any atom is -0.475 e. The van der Waals surface area contributed by atoms with Gasteiger partial charge in [0.25, 0.3) is 0 Å². The summed E-state index contributed by atoms with van der Waals surface area (Å²) in [5.41, 5.74) is 0.857. The van der Waals surface area contributed by atoms with E-state index in [2.05, 4.69) is 10.3 Å². The molecule has 2 heterocycles. The fourth-order valence-electron chi connectivity index (χ4n) is 1.23. The number of hydrogen-bond donors (Lipinski definition) is 2. The first kappa shape index (κ1) is 10.2. The second kappa shape index (κ2) is 4.48. The average molecular weight is 218 g/mol. The summed E-state index contributed by atoms with van der Waals surface area (Å²) in [4.78, 5) is 14.7. The smallest absolute Gasteiger partial charge is 0.371 e. The van der Waals surface area contributed by atoms with Crippen LogP contribution >= 0.6 is 0 Å². The third kappa shape index (κ3) is 2.38. The number of carbonyl (C=O) groups is 1. The Kier molecular flexibility index (Phi) is 2.86. The number of nitrogens with one attached hydrogen (secondary N) is 1. The molecule has 0 atom stereocenters. The summed E-state index contributed by atoms with van der Waals surface area (Å²) < 4.78 is 5.03. The molecule has 5 nitrogen and oxygen atoms in total. The Morgan fingerprint density at radius 3 is 2.88 bits per heavy atom. The lowest BCUT2D eigenvalue weighted by Gasteiger charge is -2.01. The van der Waals surface area contributed by atoms with E-state index in [1.165, 1.54) is 6.07 Å². The maximum Gasteiger partial charge on any atom is 0.371 e. The SMILES string of the molecule is O=C(O)c1ccc(NCc2ccccn2)o1. The van der Waals surface area contributed by atoms with Gasteiger partial charge in [-0.3, -0.25) is 4.98 Å². The van der Waals surface area contributed by atoms with Crippen LogP contribution in [0.3, 0.4) is 0 Å². The number of aromatic carboxylic acids is 1. The number of anilines is 1. The van der Waals surface area contributed by atoms with Gasteiger partial charge >= 0.3 is 5.97 Å². The third-order valence-corrected chi connectivity index (χ3v) is 1.99. The topological polar surface area (TPSA) is 75.4 Å². The summed E-state index contributed by atoms with van der Waals surface area (Å²) >= 11 is 0. The minimum absolute atomic E-state index is 0.0801. The lowest BCUT2D eigenvalue weighted by molar-refractivity contribution is 0.0663. The predicted octanol–water partition coefficient (Wildman–Crippen LogP) is 1.98. The first-order valence-electron chi connectivity index (χ1n) is 4.72. The van der Waals surface area contributed by atoms with Crippen LogP contribution in [0, 0.1) is 0 Å². The Balaban J connectivity index is 1.97. The summed E-state index contributed by atoms with van der Waals surface area (Å²) in [6.07, 6.45) is 1.70. The minimum atomic E-state index is -1.08. The van der Waals surface area contributed by atoms with E-state index in [9.17, 15) is 4.79 Å². The van der Waals surface area contributed by atoms with Crippen LogP contribution in [0.1, 0.15) is 16.2 Å². The monoisotopic (exact) mass is 218 g/mol. The van der Waals surface area contributed by atoms with Crippen LogP contribution in [-0.2, 0) is 6.54 Å². The second-order valence-electron chi connectivity index (χ2n) is 3.14. The molecule has 0 radical (unpaired) electrons. The number of furan rings is 1. The molecule has 2 aromatic heterocycles. The van der Waals surface area contributed by atoms with Gasteiger partial charge < -0.3 is 14.8 Å². The molecule has 0 aliphatic rings. The number of pyridine rings is 1. The van der Waals surface area contributed by atoms with E-state index < -0.39 is 5.97 Å². The Morgan fingerprint density at radius 2 is 2.25 bits per heavy atom. The molecule has 82 valence electrons. The van der Waals surface area contributed by atoms with Gasteiger partial charge in [0.1, 0.15) is 0 Å². The molecule has 0 aliphatic carbocycles. The van der Waals surface area contributed by atoms with Gasteiger partial charge in [-0.15, -0.1) is 0 Å². The Labute approximate surface area is 91.7 Å². The number of aromatic nitrogens is 1. The highest BCUT2D eigenvalue weighted by Crippen LogP contribution is 2.13. The molecule has 16 heavy (non-hydrogen) atoms. The molecule has 2 aromatic rings. The molecule has 2 N–H and O–H groups in total. The van der Waals surface area contributed by atoms with Crippen LogP contribution < -0.4 is 5.32 Å². The second-order valence-corrected chi connectivity index (χ2v) is 3.14. The van der Waals surface area contributed by atoms with Gasteiger partial charge in [0, 0.05) is 12.3 Å². The summed E-state index contributed by atoms with van der Waals surface area (Å²) in [6.45, 7) is 0.493. The maximum absolute atomic E-state index is 10.6. The highest BCUT2D eigenvalue weighted by molar-refractivity contribution is 5.84. The number of carboxylic acids is 1. The lowest BCUT2D eigenvalue weighted by Crippen LogP contribution is -2.00. The van der Waals surface area contributed by atoms with Crippen molar-refractivity contribution in [2.75, 3.05) is 5.32 Å². The zero-order chi connectivity index (χ0) is 11.4. The molecule has 0 unspecified atom stereocenters. The van der Waals surface area contributed by atoms with Crippen molar-refractivity contribution >= 4 is 11.9 Å². The average Bonchev–Trinajstić information content (AvgIpc) is 2.76. The fraction of sp³-hybridized carbons (Fsp3) is 0.0909. The van der Waals surface area contributed by atoms with Crippen molar-refractivity contribution in [3.8, 4) is 0 Å². The van der Waals surface area contributed by atoms with Crippen molar-refractivity contribution < 1.29 is 14.3 Å². The summed E-state index contributed by atoms with van der Waals surface area (Å²) in [7, 11) is 0. The molecule has 2 rings (SSSR count). The summed E-state index contributed by atoms with van der Waals surface area (Å²) in [6, 6.07) is 8.57. The van der Waals surface area contributed by atoms with E-state index in [4.69, 9.17) is 9.52 Å². The van der Waals surface area contributed by atoms with Crippen molar-refractivity contribution in [1.82, 2.24) is 4.98 Å². The fourth-order valence-corrected chi connectivity index (χ4v) is 1.23. The van der Waals surface area contributed by atoms with E-state index in [1.807, 2.05) is 18.2 Å². The molecule has 0 spiro atoms. The highest BCUT2D eigenvalue weighted by atomic mass is 16.4. The van der Waals surface area contributed by atoms with Crippen molar-refractivity contribution in [3.05, 3.63) is 48.0 Å². The summed E-state index contributed by atoms with van der Waals surface area (Å²) in [5.74, 6) is -0.738. The normalized spacial score (nSPS) is 10.0. The Hall–Kier alpha value is -2.30. The summed E-state index contributed by atoms with van der Waals surface area (Å²) in [5, 5.41) is 11.6. The molecule has 0 fully saturated rings. The predicted molar refractivity (Wildman–Crippen MR) is 57.2 cm³/mol. The molecule has 5 heteroatoms. The molecule has 0 saturated heterocycles. The Bertz CT molecular complexity index is 479. The molecule has 0 aliphatic heterocycles. The van der Waals surface area contributed by atoms with E-state index in [0.29, 0.717) is 12.4 Å². The van der Waals surface area contributed by atoms with Gasteiger partial charge in [-0.05, 0) is 18.2 Å². The first-order chi connectivity index (χ1) is 7.75. The van der Waals surface area contributed by atoms with E-state index in [1.54, 1.807) is 12.3 Å². The van der Waals surface area contributed by atoms with Crippen molar-refractivity contribution in [1.29, 1.82) is 0 Å². The van der Waals surface area contributed by atoms with Crippen LogP contribution in [0.15, 0.2) is 40.9 Å². The van der Waals surface area contributed by atoms with Crippen molar-refractivity contribution in [2.45, 2.75) is 6.54 Å². The van der Waals surface area contributed by atoms with Gasteiger partial charge in [0.2, 0.25) is 5.76 Å². The largest absolute Gasteiger partial charge is 0.475 e. The molecular weight excluding hydrogens is 208 g/mol. The number of hydrogen-bond acceptors (Lipinski definition) is 4. The molecule has 0 bridgehead atoms.